The quantitative estimate of drug-likeness (QED) is 0.344. The van der Waals surface area contributed by atoms with Crippen molar-refractivity contribution in [3.63, 3.8) is 0 Å². The van der Waals surface area contributed by atoms with Crippen molar-refractivity contribution in [3.8, 4) is 0 Å². The van der Waals surface area contributed by atoms with Gasteiger partial charge in [-0.3, -0.25) is 0 Å². The smallest absolute Gasteiger partial charge is 0.148 e. The monoisotopic (exact) mass is 245 g/mol. The third kappa shape index (κ3) is 15.9. The van der Waals surface area contributed by atoms with E-state index in [1.165, 1.54) is 64.2 Å². The van der Waals surface area contributed by atoms with E-state index in [9.17, 15) is 4.39 Å². The molecule has 0 aliphatic rings. The van der Waals surface area contributed by atoms with Gasteiger partial charge in [0.05, 0.1) is 0 Å². The molecule has 1 atom stereocenters. The van der Waals surface area contributed by atoms with Crippen LogP contribution in [0.2, 0.25) is 0 Å². The van der Waals surface area contributed by atoms with E-state index < -0.39 is 6.30 Å². The van der Waals surface area contributed by atoms with Crippen LogP contribution in [0.3, 0.4) is 0 Å². The van der Waals surface area contributed by atoms with Gasteiger partial charge in [0, 0.05) is 0 Å². The van der Waals surface area contributed by atoms with Crippen LogP contribution < -0.4 is 5.73 Å². The Morgan fingerprint density at radius 3 is 1.41 bits per heavy atom. The van der Waals surface area contributed by atoms with Crippen molar-refractivity contribution in [3.05, 3.63) is 0 Å². The molecule has 0 spiro atoms. The highest BCUT2D eigenvalue weighted by Gasteiger charge is 1.97. The van der Waals surface area contributed by atoms with E-state index in [-0.39, 0.29) is 0 Å². The van der Waals surface area contributed by atoms with Crippen molar-refractivity contribution < 1.29 is 4.39 Å². The molecular weight excluding hydrogens is 213 g/mol. The molecule has 0 bridgehead atoms. The topological polar surface area (TPSA) is 26.0 Å². The Labute approximate surface area is 107 Å². The van der Waals surface area contributed by atoms with E-state index in [2.05, 4.69) is 6.92 Å². The number of hydrogen-bond donors (Lipinski definition) is 1. The summed E-state index contributed by atoms with van der Waals surface area (Å²) in [7, 11) is 0. The van der Waals surface area contributed by atoms with Gasteiger partial charge in [0.25, 0.3) is 0 Å². The van der Waals surface area contributed by atoms with Crippen molar-refractivity contribution in [2.75, 3.05) is 0 Å². The molecule has 0 rings (SSSR count). The minimum Gasteiger partial charge on any atom is -0.302 e. The normalized spacial score (nSPS) is 12.9. The zero-order valence-electron chi connectivity index (χ0n) is 11.7. The Balaban J connectivity index is 2.89. The van der Waals surface area contributed by atoms with Gasteiger partial charge in [-0.2, -0.15) is 0 Å². The number of rotatable bonds is 13. The van der Waals surface area contributed by atoms with Gasteiger partial charge in [0.1, 0.15) is 6.30 Å². The molecule has 17 heavy (non-hydrogen) atoms. The Morgan fingerprint density at radius 1 is 0.706 bits per heavy atom. The molecule has 2 N–H and O–H groups in total. The fraction of sp³-hybridized carbons (Fsp3) is 1.00. The van der Waals surface area contributed by atoms with Gasteiger partial charge in [-0.25, -0.2) is 4.39 Å². The molecule has 0 aromatic carbocycles. The highest BCUT2D eigenvalue weighted by atomic mass is 19.1. The van der Waals surface area contributed by atoms with E-state index in [0.717, 1.165) is 12.8 Å². The van der Waals surface area contributed by atoms with Crippen LogP contribution >= 0.6 is 0 Å². The van der Waals surface area contributed by atoms with E-state index >= 15 is 0 Å². The summed E-state index contributed by atoms with van der Waals surface area (Å²) < 4.78 is 12.3. The largest absolute Gasteiger partial charge is 0.302 e. The summed E-state index contributed by atoms with van der Waals surface area (Å²) in [5, 5.41) is 0. The summed E-state index contributed by atoms with van der Waals surface area (Å²) >= 11 is 0. The molecule has 0 fully saturated rings. The molecule has 0 aliphatic carbocycles. The first-order valence-corrected chi connectivity index (χ1v) is 7.67. The second-order valence-corrected chi connectivity index (χ2v) is 5.19. The van der Waals surface area contributed by atoms with Crippen LogP contribution in [0.1, 0.15) is 90.4 Å². The zero-order valence-corrected chi connectivity index (χ0v) is 11.7. The molecule has 0 aromatic rings. The van der Waals surface area contributed by atoms with Gasteiger partial charge in [-0.05, 0) is 12.8 Å². The summed E-state index contributed by atoms with van der Waals surface area (Å²) in [5.41, 5.74) is 5.06. The van der Waals surface area contributed by atoms with Crippen LogP contribution in [0.25, 0.3) is 0 Å². The zero-order chi connectivity index (χ0) is 12.8. The molecule has 1 nitrogen and oxygen atoms in total. The van der Waals surface area contributed by atoms with Crippen LogP contribution in [0.15, 0.2) is 0 Å². The van der Waals surface area contributed by atoms with Crippen molar-refractivity contribution in [2.45, 2.75) is 96.7 Å². The summed E-state index contributed by atoms with van der Waals surface area (Å²) in [4.78, 5) is 0. The van der Waals surface area contributed by atoms with E-state index in [1.807, 2.05) is 0 Å². The Bertz CT molecular complexity index is 137. The van der Waals surface area contributed by atoms with Crippen LogP contribution in [0.5, 0.6) is 0 Å². The third-order valence-corrected chi connectivity index (χ3v) is 3.33. The van der Waals surface area contributed by atoms with Gasteiger partial charge in [-0.15, -0.1) is 0 Å². The SMILES string of the molecule is CCCCCCCCCCCCCCC(N)F. The maximum absolute atomic E-state index is 12.3. The molecule has 1 unspecified atom stereocenters. The van der Waals surface area contributed by atoms with Crippen molar-refractivity contribution in [1.82, 2.24) is 0 Å². The van der Waals surface area contributed by atoms with Gasteiger partial charge < -0.3 is 5.73 Å². The average Bonchev–Trinajstić information content (AvgIpc) is 2.30. The van der Waals surface area contributed by atoms with Gasteiger partial charge >= 0.3 is 0 Å². The second kappa shape index (κ2) is 14.0. The van der Waals surface area contributed by atoms with Crippen molar-refractivity contribution >= 4 is 0 Å². The number of halogens is 1. The minimum absolute atomic E-state index is 0.539. The Kier molecular flexibility index (Phi) is 13.9. The second-order valence-electron chi connectivity index (χ2n) is 5.19. The lowest BCUT2D eigenvalue weighted by Gasteiger charge is -2.03. The molecule has 0 saturated carbocycles. The Morgan fingerprint density at radius 2 is 1.06 bits per heavy atom. The third-order valence-electron chi connectivity index (χ3n) is 3.33. The molecule has 0 aromatic heterocycles. The molecule has 0 radical (unpaired) electrons. The van der Waals surface area contributed by atoms with Crippen LogP contribution in [-0.4, -0.2) is 6.30 Å². The summed E-state index contributed by atoms with van der Waals surface area (Å²) in [6.07, 6.45) is 15.2. The summed E-state index contributed by atoms with van der Waals surface area (Å²) in [6.45, 7) is 2.26. The summed E-state index contributed by atoms with van der Waals surface area (Å²) in [6, 6.07) is 0. The van der Waals surface area contributed by atoms with Gasteiger partial charge in [0.15, 0.2) is 0 Å². The van der Waals surface area contributed by atoms with E-state index in [4.69, 9.17) is 5.73 Å². The predicted octanol–water partition coefficient (Wildman–Crippen LogP) is 5.33. The highest BCUT2D eigenvalue weighted by Crippen LogP contribution is 2.12. The van der Waals surface area contributed by atoms with Crippen LogP contribution in [0.4, 0.5) is 4.39 Å². The van der Waals surface area contributed by atoms with E-state index in [1.54, 1.807) is 0 Å². The maximum Gasteiger partial charge on any atom is 0.148 e. The van der Waals surface area contributed by atoms with Gasteiger partial charge in [-0.1, -0.05) is 77.6 Å². The Hall–Kier alpha value is -0.110. The van der Waals surface area contributed by atoms with Crippen LogP contribution in [-0.2, 0) is 0 Å². The average molecular weight is 245 g/mol. The molecule has 0 amide bonds. The predicted molar refractivity (Wildman–Crippen MR) is 74.8 cm³/mol. The van der Waals surface area contributed by atoms with E-state index in [0.29, 0.717) is 6.42 Å². The summed E-state index contributed by atoms with van der Waals surface area (Å²) in [5.74, 6) is 0. The number of hydrogen-bond acceptors (Lipinski definition) is 1. The first-order chi connectivity index (χ1) is 8.27. The van der Waals surface area contributed by atoms with Crippen molar-refractivity contribution in [1.29, 1.82) is 0 Å². The van der Waals surface area contributed by atoms with Crippen molar-refractivity contribution in [2.24, 2.45) is 5.73 Å². The lowest BCUT2D eigenvalue weighted by atomic mass is 10.0. The van der Waals surface area contributed by atoms with Gasteiger partial charge in [0.2, 0.25) is 0 Å². The number of nitrogens with two attached hydrogens (primary N) is 1. The molecule has 2 heteroatoms. The standard InChI is InChI=1S/C15H32FN/c1-2-3-4-5-6-7-8-9-10-11-12-13-14-15(16)17/h15H,2-14,17H2,1H3. The molecular formula is C15H32FN. The minimum atomic E-state index is -1.10. The maximum atomic E-state index is 12.3. The first kappa shape index (κ1) is 16.9. The molecule has 0 aliphatic heterocycles. The molecule has 104 valence electrons. The number of alkyl halides is 1. The number of unbranched alkanes of at least 4 members (excludes halogenated alkanes) is 11. The lowest BCUT2D eigenvalue weighted by Crippen LogP contribution is -2.11. The fourth-order valence-corrected chi connectivity index (χ4v) is 2.18. The molecule has 0 saturated heterocycles. The molecule has 0 heterocycles. The fourth-order valence-electron chi connectivity index (χ4n) is 2.18. The van der Waals surface area contributed by atoms with Crippen LogP contribution in [0, 0.1) is 0 Å². The highest BCUT2D eigenvalue weighted by molar-refractivity contribution is 4.50. The lowest BCUT2D eigenvalue weighted by molar-refractivity contribution is 0.313. The first-order valence-electron chi connectivity index (χ1n) is 7.67.